The number of hydrogen-bond acceptors (Lipinski definition) is 4. The van der Waals surface area contributed by atoms with Gasteiger partial charge in [-0.25, -0.2) is 4.79 Å². The Morgan fingerprint density at radius 1 is 1.37 bits per heavy atom. The normalized spacial score (nSPS) is 9.63. The fourth-order valence-corrected chi connectivity index (χ4v) is 1.56. The Bertz CT molecular complexity index is 646. The standard InChI is InChI=1S/C15H10O4/c1-2-8-18-15(17)12-5-3-4-11(9-12)14-7-6-13(10-16)19-14/h1,3-7,9-10H,8H2. The summed E-state index contributed by atoms with van der Waals surface area (Å²) in [4.78, 5) is 22.2. The molecule has 0 aliphatic rings. The van der Waals surface area contributed by atoms with E-state index < -0.39 is 5.97 Å². The van der Waals surface area contributed by atoms with Crippen molar-refractivity contribution in [3.8, 4) is 23.7 Å². The Morgan fingerprint density at radius 3 is 2.89 bits per heavy atom. The third-order valence-corrected chi connectivity index (χ3v) is 2.41. The fraction of sp³-hybridized carbons (Fsp3) is 0.0667. The highest BCUT2D eigenvalue weighted by Crippen LogP contribution is 2.22. The summed E-state index contributed by atoms with van der Waals surface area (Å²) in [5, 5.41) is 0. The highest BCUT2D eigenvalue weighted by atomic mass is 16.5. The lowest BCUT2D eigenvalue weighted by Gasteiger charge is -2.02. The molecule has 0 saturated heterocycles. The number of hydrogen-bond donors (Lipinski definition) is 0. The molecular weight excluding hydrogens is 244 g/mol. The van der Waals surface area contributed by atoms with Crippen LogP contribution < -0.4 is 0 Å². The molecule has 0 atom stereocenters. The molecule has 0 radical (unpaired) electrons. The van der Waals surface area contributed by atoms with Crippen molar-refractivity contribution in [3.63, 3.8) is 0 Å². The molecular formula is C15H10O4. The van der Waals surface area contributed by atoms with E-state index in [9.17, 15) is 9.59 Å². The summed E-state index contributed by atoms with van der Waals surface area (Å²) in [5.74, 6) is 2.47. The second-order valence-corrected chi connectivity index (χ2v) is 3.68. The molecule has 2 rings (SSSR count). The number of benzene rings is 1. The zero-order valence-electron chi connectivity index (χ0n) is 9.96. The number of carbonyl (C=O) groups excluding carboxylic acids is 2. The Morgan fingerprint density at radius 2 is 2.21 bits per heavy atom. The topological polar surface area (TPSA) is 56.5 Å². The first kappa shape index (κ1) is 12.7. The van der Waals surface area contributed by atoms with Crippen LogP contribution >= 0.6 is 0 Å². The van der Waals surface area contributed by atoms with Crippen molar-refractivity contribution >= 4 is 12.3 Å². The van der Waals surface area contributed by atoms with Crippen LogP contribution in [0.4, 0.5) is 0 Å². The summed E-state index contributed by atoms with van der Waals surface area (Å²) in [6, 6.07) is 9.93. The van der Waals surface area contributed by atoms with Gasteiger partial charge in [0.15, 0.2) is 18.7 Å². The molecule has 94 valence electrons. The maximum absolute atomic E-state index is 11.6. The quantitative estimate of drug-likeness (QED) is 0.478. The number of aldehydes is 1. The van der Waals surface area contributed by atoms with Gasteiger partial charge in [0.25, 0.3) is 0 Å². The predicted molar refractivity (Wildman–Crippen MR) is 68.6 cm³/mol. The molecule has 19 heavy (non-hydrogen) atoms. The molecule has 0 amide bonds. The summed E-state index contributed by atoms with van der Waals surface area (Å²) in [6.07, 6.45) is 5.64. The van der Waals surface area contributed by atoms with Crippen molar-refractivity contribution in [3.05, 3.63) is 47.7 Å². The maximum atomic E-state index is 11.6. The van der Waals surface area contributed by atoms with Crippen molar-refractivity contribution in [2.45, 2.75) is 0 Å². The van der Waals surface area contributed by atoms with Crippen molar-refractivity contribution in [1.29, 1.82) is 0 Å². The molecule has 4 heteroatoms. The summed E-state index contributed by atoms with van der Waals surface area (Å²) < 4.78 is 10.1. The van der Waals surface area contributed by atoms with Crippen LogP contribution in [0.25, 0.3) is 11.3 Å². The number of furan rings is 1. The summed E-state index contributed by atoms with van der Waals surface area (Å²) in [5.41, 5.74) is 1.06. The van der Waals surface area contributed by atoms with E-state index in [4.69, 9.17) is 15.6 Å². The van der Waals surface area contributed by atoms with E-state index in [-0.39, 0.29) is 12.4 Å². The van der Waals surface area contributed by atoms with Crippen LogP contribution in [0.1, 0.15) is 20.9 Å². The number of rotatable bonds is 4. The monoisotopic (exact) mass is 254 g/mol. The molecule has 0 fully saturated rings. The van der Waals surface area contributed by atoms with Gasteiger partial charge < -0.3 is 9.15 Å². The van der Waals surface area contributed by atoms with Gasteiger partial charge in [-0.05, 0) is 24.3 Å². The Balaban J connectivity index is 2.26. The molecule has 0 saturated carbocycles. The molecule has 4 nitrogen and oxygen atoms in total. The molecule has 0 spiro atoms. The van der Waals surface area contributed by atoms with Gasteiger partial charge in [-0.2, -0.15) is 0 Å². The lowest BCUT2D eigenvalue weighted by molar-refractivity contribution is 0.0556. The minimum Gasteiger partial charge on any atom is -0.453 e. The second-order valence-electron chi connectivity index (χ2n) is 3.68. The van der Waals surface area contributed by atoms with Crippen molar-refractivity contribution in [2.75, 3.05) is 6.61 Å². The summed E-state index contributed by atoms with van der Waals surface area (Å²) >= 11 is 0. The summed E-state index contributed by atoms with van der Waals surface area (Å²) in [7, 11) is 0. The van der Waals surface area contributed by atoms with Crippen molar-refractivity contribution < 1.29 is 18.7 Å². The fourth-order valence-electron chi connectivity index (χ4n) is 1.56. The van der Waals surface area contributed by atoms with Gasteiger partial charge in [0.2, 0.25) is 0 Å². The zero-order valence-corrected chi connectivity index (χ0v) is 9.96. The Kier molecular flexibility index (Phi) is 3.79. The van der Waals surface area contributed by atoms with E-state index in [1.54, 1.807) is 36.4 Å². The average Bonchev–Trinajstić information content (AvgIpc) is 2.94. The highest BCUT2D eigenvalue weighted by Gasteiger charge is 2.10. The first-order valence-electron chi connectivity index (χ1n) is 5.50. The first-order valence-corrected chi connectivity index (χ1v) is 5.50. The van der Waals surface area contributed by atoms with Crippen molar-refractivity contribution in [1.82, 2.24) is 0 Å². The molecule has 1 aromatic heterocycles. The molecule has 0 aliphatic carbocycles. The van der Waals surface area contributed by atoms with Crippen LogP contribution in [0.5, 0.6) is 0 Å². The van der Waals surface area contributed by atoms with Gasteiger partial charge in [0.1, 0.15) is 5.76 Å². The largest absolute Gasteiger partial charge is 0.453 e. The molecule has 0 bridgehead atoms. The van der Waals surface area contributed by atoms with Crippen LogP contribution in [0.3, 0.4) is 0 Å². The lowest BCUT2D eigenvalue weighted by Crippen LogP contribution is -2.05. The smallest absolute Gasteiger partial charge is 0.339 e. The maximum Gasteiger partial charge on any atom is 0.339 e. The SMILES string of the molecule is C#CCOC(=O)c1cccc(-c2ccc(C=O)o2)c1. The van der Waals surface area contributed by atoms with E-state index in [1.165, 1.54) is 0 Å². The van der Waals surface area contributed by atoms with E-state index in [2.05, 4.69) is 5.92 Å². The van der Waals surface area contributed by atoms with E-state index in [0.717, 1.165) is 0 Å². The van der Waals surface area contributed by atoms with Gasteiger partial charge in [0.05, 0.1) is 5.56 Å². The molecule has 0 unspecified atom stereocenters. The van der Waals surface area contributed by atoms with Gasteiger partial charge in [0, 0.05) is 5.56 Å². The third-order valence-electron chi connectivity index (χ3n) is 2.41. The van der Waals surface area contributed by atoms with Gasteiger partial charge >= 0.3 is 5.97 Å². The minimum atomic E-state index is -0.498. The predicted octanol–water partition coefficient (Wildman–Crippen LogP) is 2.55. The molecule has 0 aliphatic heterocycles. The highest BCUT2D eigenvalue weighted by molar-refractivity contribution is 5.91. The van der Waals surface area contributed by atoms with Crippen LogP contribution in [0.2, 0.25) is 0 Å². The van der Waals surface area contributed by atoms with E-state index in [0.29, 0.717) is 23.2 Å². The van der Waals surface area contributed by atoms with E-state index >= 15 is 0 Å². The molecule has 1 heterocycles. The number of carbonyl (C=O) groups is 2. The summed E-state index contributed by atoms with van der Waals surface area (Å²) in [6.45, 7) is -0.0703. The van der Waals surface area contributed by atoms with Crippen LogP contribution in [-0.4, -0.2) is 18.9 Å². The molecule has 0 N–H and O–H groups in total. The Labute approximate surface area is 110 Å². The number of esters is 1. The minimum absolute atomic E-state index is 0.0703. The molecule has 1 aromatic carbocycles. The first-order chi connectivity index (χ1) is 9.24. The average molecular weight is 254 g/mol. The van der Waals surface area contributed by atoms with Gasteiger partial charge in [-0.1, -0.05) is 18.1 Å². The third kappa shape index (κ3) is 2.90. The lowest BCUT2D eigenvalue weighted by atomic mass is 10.1. The van der Waals surface area contributed by atoms with Crippen LogP contribution in [0, 0.1) is 12.3 Å². The number of terminal acetylenes is 1. The van der Waals surface area contributed by atoms with E-state index in [1.807, 2.05) is 0 Å². The van der Waals surface area contributed by atoms with Gasteiger partial charge in [-0.3, -0.25) is 4.79 Å². The Hall–Kier alpha value is -2.80. The van der Waals surface area contributed by atoms with Crippen molar-refractivity contribution in [2.24, 2.45) is 0 Å². The second kappa shape index (κ2) is 5.69. The van der Waals surface area contributed by atoms with Crippen LogP contribution in [-0.2, 0) is 4.74 Å². The van der Waals surface area contributed by atoms with Gasteiger partial charge in [-0.15, -0.1) is 6.42 Å². The number of ether oxygens (including phenoxy) is 1. The molecule has 2 aromatic rings. The zero-order chi connectivity index (χ0) is 13.7. The van der Waals surface area contributed by atoms with Crippen LogP contribution in [0.15, 0.2) is 40.8 Å².